The molecule has 0 amide bonds. The van der Waals surface area contributed by atoms with E-state index >= 15 is 0 Å². The summed E-state index contributed by atoms with van der Waals surface area (Å²) < 4.78 is 16.8. The molecule has 0 aliphatic rings. The van der Waals surface area contributed by atoms with E-state index < -0.39 is 6.10 Å². The summed E-state index contributed by atoms with van der Waals surface area (Å²) in [6.45, 7) is 6.49. The van der Waals surface area contributed by atoms with Crippen LogP contribution in [-0.4, -0.2) is 37.2 Å². The number of hydrogen-bond donors (Lipinski definition) is 0. The molecule has 0 N–H and O–H groups in total. The van der Waals surface area contributed by atoms with Crippen LogP contribution in [0, 0.1) is 0 Å². The molecule has 0 radical (unpaired) electrons. The fourth-order valence-electron chi connectivity index (χ4n) is 9.62. The minimum atomic E-state index is -0.774. The van der Waals surface area contributed by atoms with Gasteiger partial charge in [-0.25, -0.2) is 0 Å². The van der Waals surface area contributed by atoms with Gasteiger partial charge < -0.3 is 14.2 Å². The Kier molecular flexibility index (Phi) is 63.2. The molecule has 0 bridgehead atoms. The summed E-state index contributed by atoms with van der Waals surface area (Å²) >= 11 is 0. The monoisotopic (exact) mass is 1090 g/mol. The van der Waals surface area contributed by atoms with E-state index in [1.165, 1.54) is 199 Å². The summed E-state index contributed by atoms with van der Waals surface area (Å²) in [5.41, 5.74) is 0. The maximum Gasteiger partial charge on any atom is 0.306 e. The number of hydrogen-bond acceptors (Lipinski definition) is 6. The van der Waals surface area contributed by atoms with Crippen LogP contribution in [0.1, 0.15) is 335 Å². The molecule has 0 heterocycles. The standard InChI is InChI=1S/C72H126O6/c1-4-7-10-13-16-18-20-22-24-26-28-30-32-34-35-36-37-39-40-42-44-46-48-50-52-54-56-59-62-65-71(74)77-68-69(67-76-70(73)64-61-58-15-12-9-6-3)78-72(75)66-63-60-57-55-53-51-49-47-45-43-41-38-33-31-29-27-25-23-21-19-17-14-11-8-5-2/h7,10,16,18,21-24,27-30,34-35,69H,4-6,8-9,11-15,17,19-20,25-26,31-33,36-68H2,1-3H3/b10-7-,18-16-,23-21-,24-22-,29-27-,30-28-,35-34-. The van der Waals surface area contributed by atoms with Crippen molar-refractivity contribution in [3.63, 3.8) is 0 Å². The maximum atomic E-state index is 12.9. The SMILES string of the molecule is CC/C=C\C/C=C\C/C=C\C/C=C\C/C=C\CCCCCCCCCCCCCCCC(=O)OCC(COC(=O)CCCCCCCC)OC(=O)CCCCCCCCCCCCCCC/C=C\C/C=C\CCCCCCC. The average Bonchev–Trinajstić information content (AvgIpc) is 3.44. The molecule has 0 saturated heterocycles. The highest BCUT2D eigenvalue weighted by Crippen LogP contribution is 2.17. The van der Waals surface area contributed by atoms with Gasteiger partial charge >= 0.3 is 17.9 Å². The molecular weight excluding hydrogens is 961 g/mol. The maximum absolute atomic E-state index is 12.9. The van der Waals surface area contributed by atoms with E-state index in [-0.39, 0.29) is 31.1 Å². The number of allylic oxidation sites excluding steroid dienone is 14. The zero-order valence-corrected chi connectivity index (χ0v) is 51.7. The van der Waals surface area contributed by atoms with Crippen molar-refractivity contribution in [3.05, 3.63) is 85.1 Å². The highest BCUT2D eigenvalue weighted by atomic mass is 16.6. The van der Waals surface area contributed by atoms with Crippen LogP contribution in [0.5, 0.6) is 0 Å². The highest BCUT2D eigenvalue weighted by Gasteiger charge is 2.19. The van der Waals surface area contributed by atoms with Gasteiger partial charge in [-0.15, -0.1) is 0 Å². The van der Waals surface area contributed by atoms with Crippen LogP contribution in [0.4, 0.5) is 0 Å². The Balaban J connectivity index is 4.05. The van der Waals surface area contributed by atoms with Crippen LogP contribution >= 0.6 is 0 Å². The molecule has 0 aromatic rings. The minimum Gasteiger partial charge on any atom is -0.462 e. The van der Waals surface area contributed by atoms with E-state index in [2.05, 4.69) is 106 Å². The molecule has 450 valence electrons. The largest absolute Gasteiger partial charge is 0.462 e. The van der Waals surface area contributed by atoms with E-state index in [0.29, 0.717) is 19.3 Å². The molecule has 0 aliphatic carbocycles. The second kappa shape index (κ2) is 66.1. The third kappa shape index (κ3) is 63.4. The molecule has 0 rings (SSSR count). The Morgan fingerprint density at radius 3 is 0.782 bits per heavy atom. The molecule has 0 fully saturated rings. The summed E-state index contributed by atoms with van der Waals surface area (Å²) in [7, 11) is 0. The van der Waals surface area contributed by atoms with Gasteiger partial charge in [-0.1, -0.05) is 305 Å². The van der Waals surface area contributed by atoms with Crippen LogP contribution in [0.3, 0.4) is 0 Å². The van der Waals surface area contributed by atoms with E-state index in [9.17, 15) is 14.4 Å². The molecule has 0 spiro atoms. The molecule has 0 aliphatic heterocycles. The number of esters is 3. The molecule has 1 unspecified atom stereocenters. The summed E-state index contributed by atoms with van der Waals surface area (Å²) in [6.07, 6.45) is 87.8. The van der Waals surface area contributed by atoms with Crippen molar-refractivity contribution in [2.24, 2.45) is 0 Å². The van der Waals surface area contributed by atoms with E-state index in [1.807, 2.05) is 0 Å². The molecule has 78 heavy (non-hydrogen) atoms. The normalized spacial score (nSPS) is 12.6. The van der Waals surface area contributed by atoms with Gasteiger partial charge in [0.1, 0.15) is 13.2 Å². The van der Waals surface area contributed by atoms with Gasteiger partial charge in [0, 0.05) is 19.3 Å². The first-order valence-electron chi connectivity index (χ1n) is 33.6. The Labute approximate surface area is 484 Å². The quantitative estimate of drug-likeness (QED) is 0.0261. The first kappa shape index (κ1) is 74.6. The van der Waals surface area contributed by atoms with Gasteiger partial charge in [-0.05, 0) is 96.3 Å². The molecule has 0 aromatic heterocycles. The average molecular weight is 1090 g/mol. The summed E-state index contributed by atoms with van der Waals surface area (Å²) in [6, 6.07) is 0. The molecule has 0 aromatic carbocycles. The molecule has 6 heteroatoms. The van der Waals surface area contributed by atoms with Gasteiger partial charge in [0.05, 0.1) is 0 Å². The fourth-order valence-corrected chi connectivity index (χ4v) is 9.62. The molecule has 1 atom stereocenters. The number of unbranched alkanes of at least 4 members (excludes halogenated alkanes) is 36. The van der Waals surface area contributed by atoms with E-state index in [4.69, 9.17) is 14.2 Å². The Morgan fingerprint density at radius 1 is 0.269 bits per heavy atom. The molecule has 6 nitrogen and oxygen atoms in total. The van der Waals surface area contributed by atoms with Crippen LogP contribution in [0.2, 0.25) is 0 Å². The second-order valence-electron chi connectivity index (χ2n) is 22.4. The van der Waals surface area contributed by atoms with Gasteiger partial charge in [0.2, 0.25) is 0 Å². The van der Waals surface area contributed by atoms with E-state index in [1.54, 1.807) is 0 Å². The summed E-state index contributed by atoms with van der Waals surface area (Å²) in [5.74, 6) is -0.872. The van der Waals surface area contributed by atoms with Gasteiger partial charge in [0.25, 0.3) is 0 Å². The summed E-state index contributed by atoms with van der Waals surface area (Å²) in [5, 5.41) is 0. The van der Waals surface area contributed by atoms with Crippen LogP contribution < -0.4 is 0 Å². The van der Waals surface area contributed by atoms with Crippen molar-refractivity contribution in [2.45, 2.75) is 341 Å². The Bertz CT molecular complexity index is 1480. The molecule has 0 saturated carbocycles. The first-order valence-corrected chi connectivity index (χ1v) is 33.6. The highest BCUT2D eigenvalue weighted by molar-refractivity contribution is 5.71. The van der Waals surface area contributed by atoms with Gasteiger partial charge in [-0.3, -0.25) is 14.4 Å². The van der Waals surface area contributed by atoms with Crippen molar-refractivity contribution in [1.82, 2.24) is 0 Å². The van der Waals surface area contributed by atoms with Crippen LogP contribution in [0.15, 0.2) is 85.1 Å². The number of rotatable bonds is 61. The number of carbonyl (C=O) groups is 3. The first-order chi connectivity index (χ1) is 38.5. The minimum absolute atomic E-state index is 0.0740. The number of ether oxygens (including phenoxy) is 3. The summed E-state index contributed by atoms with van der Waals surface area (Å²) in [4.78, 5) is 38.1. The second-order valence-corrected chi connectivity index (χ2v) is 22.4. The Morgan fingerprint density at radius 2 is 0.500 bits per heavy atom. The Hall–Kier alpha value is -3.41. The third-order valence-electron chi connectivity index (χ3n) is 14.6. The van der Waals surface area contributed by atoms with Crippen molar-refractivity contribution in [3.8, 4) is 0 Å². The predicted octanol–water partition coefficient (Wildman–Crippen LogP) is 23.1. The number of carbonyl (C=O) groups excluding carboxylic acids is 3. The van der Waals surface area contributed by atoms with Crippen LogP contribution in [-0.2, 0) is 28.6 Å². The van der Waals surface area contributed by atoms with Crippen molar-refractivity contribution >= 4 is 17.9 Å². The van der Waals surface area contributed by atoms with Crippen molar-refractivity contribution in [2.75, 3.05) is 13.2 Å². The smallest absolute Gasteiger partial charge is 0.306 e. The van der Waals surface area contributed by atoms with Crippen molar-refractivity contribution < 1.29 is 28.6 Å². The van der Waals surface area contributed by atoms with E-state index in [0.717, 1.165) is 96.3 Å². The lowest BCUT2D eigenvalue weighted by Gasteiger charge is -2.18. The lowest BCUT2D eigenvalue weighted by Crippen LogP contribution is -2.30. The zero-order valence-electron chi connectivity index (χ0n) is 51.7. The fraction of sp³-hybridized carbons (Fsp3) is 0.764. The van der Waals surface area contributed by atoms with Gasteiger partial charge in [0.15, 0.2) is 6.10 Å². The lowest BCUT2D eigenvalue weighted by atomic mass is 10.0. The zero-order chi connectivity index (χ0) is 56.4. The lowest BCUT2D eigenvalue weighted by molar-refractivity contribution is -0.167. The van der Waals surface area contributed by atoms with Crippen molar-refractivity contribution in [1.29, 1.82) is 0 Å². The van der Waals surface area contributed by atoms with Crippen LogP contribution in [0.25, 0.3) is 0 Å². The topological polar surface area (TPSA) is 78.9 Å². The third-order valence-corrected chi connectivity index (χ3v) is 14.6. The predicted molar refractivity (Wildman–Crippen MR) is 339 cm³/mol. The molecular formula is C72H126O6. The van der Waals surface area contributed by atoms with Gasteiger partial charge in [-0.2, -0.15) is 0 Å².